The first kappa shape index (κ1) is 21.1. The van der Waals surface area contributed by atoms with E-state index in [1.165, 1.54) is 0 Å². The summed E-state index contributed by atoms with van der Waals surface area (Å²) in [5.41, 5.74) is 2.46. The molecule has 0 aromatic heterocycles. The van der Waals surface area contributed by atoms with Crippen molar-refractivity contribution in [3.63, 3.8) is 0 Å². The Morgan fingerprint density at radius 1 is 0.933 bits per heavy atom. The first-order valence-corrected chi connectivity index (χ1v) is 11.0. The largest absolute Gasteiger partial charge is 0.375 e. The Morgan fingerprint density at radius 2 is 1.53 bits per heavy atom. The van der Waals surface area contributed by atoms with Crippen molar-refractivity contribution in [3.05, 3.63) is 71.8 Å². The third kappa shape index (κ3) is 4.76. The Kier molecular flexibility index (Phi) is 6.26. The van der Waals surface area contributed by atoms with Crippen LogP contribution in [0.4, 0.5) is 0 Å². The molecule has 4 rings (SSSR count). The van der Waals surface area contributed by atoms with Gasteiger partial charge in [-0.2, -0.15) is 0 Å². The number of amides is 1. The minimum Gasteiger partial charge on any atom is -0.375 e. The highest BCUT2D eigenvalue weighted by Crippen LogP contribution is 2.45. The van der Waals surface area contributed by atoms with Gasteiger partial charge in [-0.3, -0.25) is 4.79 Å². The number of rotatable bonds is 8. The van der Waals surface area contributed by atoms with Crippen LogP contribution in [0.15, 0.2) is 60.7 Å². The molecule has 0 N–H and O–H groups in total. The van der Waals surface area contributed by atoms with Crippen LogP contribution in [-0.4, -0.2) is 35.6 Å². The molecule has 160 valence electrons. The van der Waals surface area contributed by atoms with Gasteiger partial charge in [0.1, 0.15) is 0 Å². The third-order valence-corrected chi connectivity index (χ3v) is 6.19. The Balaban J connectivity index is 1.41. The minimum atomic E-state index is -0.00820. The molecule has 2 saturated heterocycles. The van der Waals surface area contributed by atoms with Crippen LogP contribution in [0, 0.1) is 11.3 Å². The highest BCUT2D eigenvalue weighted by molar-refractivity contribution is 5.87. The molecule has 2 aromatic carbocycles. The smallest absolute Gasteiger partial charge is 0.228 e. The molecule has 1 amide bonds. The fourth-order valence-corrected chi connectivity index (χ4v) is 4.79. The van der Waals surface area contributed by atoms with Crippen molar-refractivity contribution < 1.29 is 14.3 Å². The summed E-state index contributed by atoms with van der Waals surface area (Å²) < 4.78 is 12.4. The van der Waals surface area contributed by atoms with Gasteiger partial charge in [-0.15, -0.1) is 0 Å². The summed E-state index contributed by atoms with van der Waals surface area (Å²) in [6.45, 7) is 8.27. The molecule has 2 fully saturated rings. The predicted octanol–water partition coefficient (Wildman–Crippen LogP) is 4.82. The van der Waals surface area contributed by atoms with Gasteiger partial charge in [0, 0.05) is 6.04 Å². The van der Waals surface area contributed by atoms with Crippen molar-refractivity contribution in [2.24, 2.45) is 11.3 Å². The number of fused-ring (bicyclic) bond motifs is 1. The number of carbonyl (C=O) groups excluding carboxylic acids is 1. The van der Waals surface area contributed by atoms with E-state index in [1.807, 2.05) is 36.4 Å². The van der Waals surface area contributed by atoms with Crippen molar-refractivity contribution in [1.29, 1.82) is 0 Å². The zero-order valence-electron chi connectivity index (χ0n) is 18.3. The molecule has 30 heavy (non-hydrogen) atoms. The highest BCUT2D eigenvalue weighted by Gasteiger charge is 2.58. The quantitative estimate of drug-likeness (QED) is 0.589. The lowest BCUT2D eigenvalue weighted by molar-refractivity contribution is -0.161. The van der Waals surface area contributed by atoms with E-state index in [0.29, 0.717) is 19.8 Å². The predicted molar refractivity (Wildman–Crippen MR) is 118 cm³/mol. The van der Waals surface area contributed by atoms with Crippen LogP contribution in [-0.2, 0) is 27.5 Å². The van der Waals surface area contributed by atoms with Crippen molar-refractivity contribution in [2.45, 2.75) is 65.0 Å². The van der Waals surface area contributed by atoms with E-state index in [-0.39, 0.29) is 35.4 Å². The van der Waals surface area contributed by atoms with Crippen LogP contribution in [0.1, 0.15) is 44.7 Å². The fourth-order valence-electron chi connectivity index (χ4n) is 4.79. The standard InChI is InChI=1S/C26H33NO3/c1-26(2,3)15-21-22-14-24(30-17-20-12-8-5-9-13-20)23(27(22)25(21)28)18-29-16-19-10-6-4-7-11-19/h4-13,21-24H,14-18H2,1-3H3/t21-,22-,23+,24+/m1/s1. The average Bonchev–Trinajstić information content (AvgIpc) is 3.06. The summed E-state index contributed by atoms with van der Waals surface area (Å²) in [5, 5.41) is 0. The second-order valence-corrected chi connectivity index (χ2v) is 9.82. The summed E-state index contributed by atoms with van der Waals surface area (Å²) in [4.78, 5) is 15.1. The van der Waals surface area contributed by atoms with Crippen LogP contribution in [0.25, 0.3) is 0 Å². The number of hydrogen-bond donors (Lipinski definition) is 0. The summed E-state index contributed by atoms with van der Waals surface area (Å²) >= 11 is 0. The summed E-state index contributed by atoms with van der Waals surface area (Å²) in [6, 6.07) is 20.7. The molecule has 2 heterocycles. The average molecular weight is 408 g/mol. The van der Waals surface area contributed by atoms with Gasteiger partial charge >= 0.3 is 0 Å². The number of carbonyl (C=O) groups is 1. The van der Waals surface area contributed by atoms with Crippen molar-refractivity contribution in [3.8, 4) is 0 Å². The van der Waals surface area contributed by atoms with Gasteiger partial charge in [-0.05, 0) is 29.4 Å². The maximum atomic E-state index is 13.0. The molecule has 0 spiro atoms. The Labute approximate surface area is 180 Å². The molecule has 2 aliphatic rings. The van der Waals surface area contributed by atoms with Gasteiger partial charge in [-0.1, -0.05) is 81.4 Å². The molecule has 0 bridgehead atoms. The second-order valence-electron chi connectivity index (χ2n) is 9.82. The van der Waals surface area contributed by atoms with Crippen LogP contribution in [0.3, 0.4) is 0 Å². The molecule has 4 heteroatoms. The van der Waals surface area contributed by atoms with Gasteiger partial charge < -0.3 is 14.4 Å². The van der Waals surface area contributed by atoms with Gasteiger partial charge in [-0.25, -0.2) is 0 Å². The molecule has 0 saturated carbocycles. The lowest BCUT2D eigenvalue weighted by Gasteiger charge is -2.47. The van der Waals surface area contributed by atoms with E-state index < -0.39 is 0 Å². The number of nitrogens with zero attached hydrogens (tertiary/aromatic N) is 1. The fraction of sp³-hybridized carbons (Fsp3) is 0.500. The van der Waals surface area contributed by atoms with Crippen molar-refractivity contribution in [1.82, 2.24) is 4.90 Å². The molecular weight excluding hydrogens is 374 g/mol. The van der Waals surface area contributed by atoms with Crippen molar-refractivity contribution >= 4 is 5.91 Å². The van der Waals surface area contributed by atoms with E-state index in [4.69, 9.17) is 9.47 Å². The molecular formula is C26H33NO3. The van der Waals surface area contributed by atoms with Crippen LogP contribution < -0.4 is 0 Å². The lowest BCUT2D eigenvalue weighted by atomic mass is 9.76. The van der Waals surface area contributed by atoms with E-state index in [9.17, 15) is 4.79 Å². The van der Waals surface area contributed by atoms with E-state index in [0.717, 1.165) is 24.0 Å². The number of β-lactam (4-membered cyclic amide) rings is 1. The first-order chi connectivity index (χ1) is 14.4. The van der Waals surface area contributed by atoms with E-state index in [2.05, 4.69) is 49.9 Å². The van der Waals surface area contributed by atoms with Gasteiger partial charge in [0.25, 0.3) is 0 Å². The normalized spacial score (nSPS) is 25.8. The van der Waals surface area contributed by atoms with Gasteiger partial charge in [0.15, 0.2) is 0 Å². The monoisotopic (exact) mass is 407 g/mol. The molecule has 2 aromatic rings. The summed E-state index contributed by atoms with van der Waals surface area (Å²) in [6.07, 6.45) is 1.84. The molecule has 4 atom stereocenters. The number of benzene rings is 2. The molecule has 2 aliphatic heterocycles. The van der Waals surface area contributed by atoms with E-state index >= 15 is 0 Å². The maximum Gasteiger partial charge on any atom is 0.228 e. The minimum absolute atomic E-state index is 0.00820. The molecule has 0 aliphatic carbocycles. The zero-order chi connectivity index (χ0) is 21.1. The van der Waals surface area contributed by atoms with Gasteiger partial charge in [0.2, 0.25) is 5.91 Å². The van der Waals surface area contributed by atoms with Gasteiger partial charge in [0.05, 0.1) is 37.9 Å². The second kappa shape index (κ2) is 8.91. The van der Waals surface area contributed by atoms with Crippen molar-refractivity contribution in [2.75, 3.05) is 6.61 Å². The molecule has 0 radical (unpaired) electrons. The van der Waals surface area contributed by atoms with Crippen LogP contribution in [0.5, 0.6) is 0 Å². The van der Waals surface area contributed by atoms with E-state index in [1.54, 1.807) is 0 Å². The lowest BCUT2D eigenvalue weighted by Crippen LogP contribution is -2.62. The topological polar surface area (TPSA) is 38.8 Å². The Bertz CT molecular complexity index is 830. The maximum absolute atomic E-state index is 13.0. The number of hydrogen-bond acceptors (Lipinski definition) is 3. The number of ether oxygens (including phenoxy) is 2. The molecule has 4 nitrogen and oxygen atoms in total. The Morgan fingerprint density at radius 3 is 2.13 bits per heavy atom. The summed E-state index contributed by atoms with van der Waals surface area (Å²) in [7, 11) is 0. The summed E-state index contributed by atoms with van der Waals surface area (Å²) in [5.74, 6) is 0.390. The Hall–Kier alpha value is -2.17. The SMILES string of the molecule is CC(C)(C)C[C@H]1C(=O)N2[C@@H]1C[C@H](OCc1ccccc1)[C@@H]2COCc1ccccc1. The zero-order valence-corrected chi connectivity index (χ0v) is 18.3. The van der Waals surface area contributed by atoms with Crippen LogP contribution >= 0.6 is 0 Å². The van der Waals surface area contributed by atoms with Crippen LogP contribution in [0.2, 0.25) is 0 Å². The third-order valence-electron chi connectivity index (χ3n) is 6.19. The first-order valence-electron chi connectivity index (χ1n) is 11.0. The highest BCUT2D eigenvalue weighted by atomic mass is 16.5. The molecule has 0 unspecified atom stereocenters.